The Kier molecular flexibility index (Phi) is 9.02. The van der Waals surface area contributed by atoms with E-state index in [9.17, 15) is 22.0 Å². The van der Waals surface area contributed by atoms with Gasteiger partial charge < -0.3 is 10.2 Å². The van der Waals surface area contributed by atoms with Crippen LogP contribution in [-0.4, -0.2) is 67.7 Å². The number of anilines is 4. The zero-order chi connectivity index (χ0) is 31.8. The number of nitrogens with zero attached hydrogens (tertiary/aromatic N) is 5. The maximum absolute atomic E-state index is 15.2. The molecule has 0 spiro atoms. The first-order chi connectivity index (χ1) is 20.8. The summed E-state index contributed by atoms with van der Waals surface area (Å²) in [4.78, 5) is 27.5. The molecule has 2 heterocycles. The van der Waals surface area contributed by atoms with Gasteiger partial charge in [0.15, 0.2) is 0 Å². The summed E-state index contributed by atoms with van der Waals surface area (Å²) in [7, 11) is -0.252. The number of benzene rings is 2. The molecule has 236 valence electrons. The fraction of sp³-hybridized carbons (Fsp3) is 0.433. The molecule has 2 aliphatic rings. The van der Waals surface area contributed by atoms with Gasteiger partial charge in [0.05, 0.1) is 18.0 Å². The van der Waals surface area contributed by atoms with E-state index in [0.29, 0.717) is 35.7 Å². The van der Waals surface area contributed by atoms with E-state index >= 15 is 4.39 Å². The van der Waals surface area contributed by atoms with E-state index in [-0.39, 0.29) is 36.0 Å². The number of hydrogen-bond donors (Lipinski definition) is 2. The number of nitrogens with one attached hydrogen (secondary N) is 2. The number of carbonyl (C=O) groups excluding carboxylic acids is 1. The van der Waals surface area contributed by atoms with Crippen molar-refractivity contribution < 1.29 is 26.4 Å². The molecule has 10 nitrogen and oxygen atoms in total. The molecule has 1 aliphatic carbocycles. The number of carbonyl (C=O) groups is 1. The quantitative estimate of drug-likeness (QED) is 0.331. The Morgan fingerprint density at radius 3 is 2.45 bits per heavy atom. The molecular formula is C30H36F3N7O3S. The van der Waals surface area contributed by atoms with Crippen molar-refractivity contribution in [3.63, 3.8) is 0 Å². The van der Waals surface area contributed by atoms with E-state index in [1.165, 1.54) is 34.1 Å². The van der Waals surface area contributed by atoms with Crippen molar-refractivity contribution in [2.75, 3.05) is 33.9 Å². The second-order valence-corrected chi connectivity index (χ2v) is 13.5. The minimum atomic E-state index is -4.00. The minimum absolute atomic E-state index is 0.0627. The van der Waals surface area contributed by atoms with Gasteiger partial charge in [-0.3, -0.25) is 14.5 Å². The highest BCUT2D eigenvalue weighted by atomic mass is 32.2. The van der Waals surface area contributed by atoms with Crippen molar-refractivity contribution in [1.82, 2.24) is 14.9 Å². The van der Waals surface area contributed by atoms with E-state index in [1.54, 1.807) is 6.20 Å². The van der Waals surface area contributed by atoms with Gasteiger partial charge in [0.25, 0.3) is 0 Å². The summed E-state index contributed by atoms with van der Waals surface area (Å²) in [6.45, 7) is 3.72. The van der Waals surface area contributed by atoms with Gasteiger partial charge in [-0.25, -0.2) is 31.4 Å². The van der Waals surface area contributed by atoms with Crippen LogP contribution in [0, 0.1) is 11.6 Å². The third kappa shape index (κ3) is 6.91. The number of alkyl halides is 1. The molecule has 1 unspecified atom stereocenters. The van der Waals surface area contributed by atoms with Gasteiger partial charge in [-0.2, -0.15) is 4.98 Å². The van der Waals surface area contributed by atoms with E-state index in [1.807, 2.05) is 32.8 Å². The molecule has 14 heteroatoms. The number of amides is 2. The molecule has 2 N–H and O–H groups in total. The SMILES string of the molecule is CC(C)N1C(=O)N(c2ccc(NS(=O)(=O)Cc3ccc(F)cc3)c(F)c2)Cc2cnc(N[C@@H]3CC[C@@H](N(C)C)C(F)C3)nc21. The van der Waals surface area contributed by atoms with Crippen LogP contribution in [-0.2, 0) is 22.3 Å². The molecule has 0 bridgehead atoms. The largest absolute Gasteiger partial charge is 0.351 e. The van der Waals surface area contributed by atoms with Crippen LogP contribution in [0.2, 0.25) is 0 Å². The first-order valence-corrected chi connectivity index (χ1v) is 16.0. The monoisotopic (exact) mass is 631 g/mol. The fourth-order valence-corrected chi connectivity index (χ4v) is 6.87. The number of hydrogen-bond acceptors (Lipinski definition) is 7. The lowest BCUT2D eigenvalue weighted by Crippen LogP contribution is -2.51. The van der Waals surface area contributed by atoms with Crippen molar-refractivity contribution in [3.05, 3.63) is 71.4 Å². The van der Waals surface area contributed by atoms with Gasteiger partial charge in [0, 0.05) is 42.0 Å². The molecule has 3 aromatic rings. The number of aromatic nitrogens is 2. The molecule has 3 atom stereocenters. The third-order valence-corrected chi connectivity index (χ3v) is 9.13. The average Bonchev–Trinajstić information content (AvgIpc) is 2.94. The average molecular weight is 632 g/mol. The second kappa shape index (κ2) is 12.6. The molecule has 2 aromatic carbocycles. The first kappa shape index (κ1) is 31.5. The third-order valence-electron chi connectivity index (χ3n) is 7.89. The van der Waals surface area contributed by atoms with Gasteiger partial charge >= 0.3 is 6.03 Å². The normalized spacial score (nSPS) is 20.7. The topological polar surface area (TPSA) is 111 Å². The summed E-state index contributed by atoms with van der Waals surface area (Å²) in [5.74, 6) is -1.11. The van der Waals surface area contributed by atoms with E-state index in [4.69, 9.17) is 0 Å². The lowest BCUT2D eigenvalue weighted by atomic mass is 9.89. The number of fused-ring (bicyclic) bond motifs is 1. The zero-order valence-corrected chi connectivity index (χ0v) is 25.8. The number of urea groups is 1. The molecule has 0 radical (unpaired) electrons. The summed E-state index contributed by atoms with van der Waals surface area (Å²) >= 11 is 0. The number of rotatable bonds is 9. The molecule has 5 rings (SSSR count). The molecule has 2 amide bonds. The second-order valence-electron chi connectivity index (χ2n) is 11.7. The summed E-state index contributed by atoms with van der Waals surface area (Å²) in [5, 5.41) is 3.23. The Labute approximate surface area is 255 Å². The summed E-state index contributed by atoms with van der Waals surface area (Å²) in [5.41, 5.74) is 0.911. The number of sulfonamides is 1. The predicted octanol–water partition coefficient (Wildman–Crippen LogP) is 5.28. The molecule has 1 fully saturated rings. The summed E-state index contributed by atoms with van der Waals surface area (Å²) in [6.07, 6.45) is 2.41. The van der Waals surface area contributed by atoms with Crippen molar-refractivity contribution >= 4 is 39.2 Å². The van der Waals surface area contributed by atoms with Gasteiger partial charge in [0.2, 0.25) is 16.0 Å². The van der Waals surface area contributed by atoms with Crippen LogP contribution < -0.4 is 19.8 Å². The zero-order valence-electron chi connectivity index (χ0n) is 25.0. The molecule has 1 aliphatic heterocycles. The van der Waals surface area contributed by atoms with Gasteiger partial charge in [-0.15, -0.1) is 0 Å². The lowest BCUT2D eigenvalue weighted by Gasteiger charge is -2.38. The summed E-state index contributed by atoms with van der Waals surface area (Å²) < 4.78 is 70.6. The van der Waals surface area contributed by atoms with Crippen LogP contribution in [0.4, 0.5) is 41.1 Å². The van der Waals surface area contributed by atoms with Crippen LogP contribution in [0.1, 0.15) is 44.2 Å². The Bertz CT molecular complexity index is 1620. The molecule has 1 aromatic heterocycles. The summed E-state index contributed by atoms with van der Waals surface area (Å²) in [6, 6.07) is 7.76. The van der Waals surface area contributed by atoms with Crippen molar-refractivity contribution in [3.8, 4) is 0 Å². The maximum Gasteiger partial charge on any atom is 0.330 e. The highest BCUT2D eigenvalue weighted by Gasteiger charge is 2.36. The molecular weight excluding hydrogens is 595 g/mol. The van der Waals surface area contributed by atoms with E-state index in [2.05, 4.69) is 20.0 Å². The Hall–Kier alpha value is -3.91. The number of halogens is 3. The van der Waals surface area contributed by atoms with Gasteiger partial charge in [-0.1, -0.05) is 12.1 Å². The minimum Gasteiger partial charge on any atom is -0.351 e. The smallest absolute Gasteiger partial charge is 0.330 e. The molecule has 44 heavy (non-hydrogen) atoms. The molecule has 0 saturated heterocycles. The van der Waals surface area contributed by atoms with Crippen LogP contribution >= 0.6 is 0 Å². The standard InChI is InChI=1S/C30H36F3N7O3S/c1-18(2)40-28-20(15-34-29(36-28)35-22-9-12-27(38(3)4)25(33)13-22)16-39(30(40)41)23-10-11-26(24(32)14-23)37-44(42,43)17-19-5-7-21(31)8-6-19/h5-8,10-11,14-15,18,22,25,27,37H,9,12-13,16-17H2,1-4H3,(H,34,35,36)/t22-,25?,27-/m1/s1. The van der Waals surface area contributed by atoms with Crippen LogP contribution in [0.15, 0.2) is 48.7 Å². The Morgan fingerprint density at radius 1 is 1.09 bits per heavy atom. The predicted molar refractivity (Wildman–Crippen MR) is 164 cm³/mol. The van der Waals surface area contributed by atoms with Crippen molar-refractivity contribution in [1.29, 1.82) is 0 Å². The highest BCUT2D eigenvalue weighted by Crippen LogP contribution is 2.34. The Balaban J connectivity index is 1.32. The fourth-order valence-electron chi connectivity index (χ4n) is 5.67. The van der Waals surface area contributed by atoms with Gasteiger partial charge in [0.1, 0.15) is 23.6 Å². The van der Waals surface area contributed by atoms with E-state index < -0.39 is 39.6 Å². The van der Waals surface area contributed by atoms with Crippen molar-refractivity contribution in [2.45, 2.75) is 69.7 Å². The molecule has 1 saturated carbocycles. The van der Waals surface area contributed by atoms with Gasteiger partial charge in [-0.05, 0) is 76.7 Å². The van der Waals surface area contributed by atoms with E-state index in [0.717, 1.165) is 24.6 Å². The highest BCUT2D eigenvalue weighted by molar-refractivity contribution is 7.91. The van der Waals surface area contributed by atoms with Crippen molar-refractivity contribution in [2.24, 2.45) is 0 Å². The lowest BCUT2D eigenvalue weighted by molar-refractivity contribution is 0.109. The van der Waals surface area contributed by atoms with Crippen LogP contribution in [0.25, 0.3) is 0 Å². The van der Waals surface area contributed by atoms with Crippen LogP contribution in [0.5, 0.6) is 0 Å². The maximum atomic E-state index is 15.2. The first-order valence-electron chi connectivity index (χ1n) is 14.4. The van der Waals surface area contributed by atoms with Crippen LogP contribution in [0.3, 0.4) is 0 Å². The Morgan fingerprint density at radius 2 is 1.82 bits per heavy atom.